The van der Waals surface area contributed by atoms with E-state index >= 15 is 0 Å². The molecular weight excluding hydrogens is 278 g/mol. The zero-order valence-electron chi connectivity index (χ0n) is 14.1. The maximum atomic E-state index is 5.07. The highest BCUT2D eigenvalue weighted by molar-refractivity contribution is 7.12. The van der Waals surface area contributed by atoms with E-state index in [1.165, 1.54) is 17.1 Å². The summed E-state index contributed by atoms with van der Waals surface area (Å²) in [4.78, 5) is 9.18. The fourth-order valence-electron chi connectivity index (χ4n) is 4.22. The van der Waals surface area contributed by atoms with Gasteiger partial charge in [-0.15, -0.1) is 11.3 Å². The second kappa shape index (κ2) is 5.32. The van der Waals surface area contributed by atoms with Crippen LogP contribution in [0.4, 0.5) is 0 Å². The molecule has 0 radical (unpaired) electrons. The Morgan fingerprint density at radius 1 is 1.19 bits per heavy atom. The van der Waals surface area contributed by atoms with Crippen LogP contribution < -0.4 is 5.32 Å². The van der Waals surface area contributed by atoms with Gasteiger partial charge < -0.3 is 5.32 Å². The normalized spacial score (nSPS) is 26.3. The quantitative estimate of drug-likeness (QED) is 0.908. The average molecular weight is 308 g/mol. The Bertz CT molecular complexity index is 512. The summed E-state index contributed by atoms with van der Waals surface area (Å²) in [6, 6.07) is 0.460. The molecule has 4 heteroatoms. The van der Waals surface area contributed by atoms with Gasteiger partial charge in [-0.3, -0.25) is 4.90 Å². The van der Waals surface area contributed by atoms with Crippen LogP contribution in [0.15, 0.2) is 0 Å². The smallest absolute Gasteiger partial charge is 0.110 e. The Morgan fingerprint density at radius 2 is 1.86 bits per heavy atom. The molecule has 1 aliphatic heterocycles. The van der Waals surface area contributed by atoms with Gasteiger partial charge in [-0.05, 0) is 25.2 Å². The Kier molecular flexibility index (Phi) is 3.92. The predicted molar refractivity (Wildman–Crippen MR) is 90.1 cm³/mol. The molecule has 0 amide bonds. The number of nitrogens with zero attached hydrogens (tertiary/aromatic N) is 2. The Morgan fingerprint density at radius 3 is 2.52 bits per heavy atom. The minimum atomic E-state index is 0.274. The van der Waals surface area contributed by atoms with Crippen LogP contribution in [0.1, 0.15) is 62.7 Å². The second-order valence-electron chi connectivity index (χ2n) is 8.19. The van der Waals surface area contributed by atoms with Crippen molar-refractivity contribution < 1.29 is 0 Å². The van der Waals surface area contributed by atoms with Crippen LogP contribution in [0.25, 0.3) is 0 Å². The first-order valence-corrected chi connectivity index (χ1v) is 9.05. The second-order valence-corrected chi connectivity index (χ2v) is 9.22. The fraction of sp³-hybridized carbons (Fsp3) is 0.824. The summed E-state index contributed by atoms with van der Waals surface area (Å²) in [5.74, 6) is 0. The van der Waals surface area contributed by atoms with Crippen molar-refractivity contribution in [3.63, 3.8) is 0 Å². The molecule has 21 heavy (non-hydrogen) atoms. The first kappa shape index (κ1) is 15.4. The monoisotopic (exact) mass is 307 g/mol. The minimum Gasteiger partial charge on any atom is -0.314 e. The van der Waals surface area contributed by atoms with E-state index in [-0.39, 0.29) is 5.41 Å². The number of thiazole rings is 1. The van der Waals surface area contributed by atoms with Gasteiger partial charge in [0, 0.05) is 36.5 Å². The lowest BCUT2D eigenvalue weighted by Crippen LogP contribution is -2.44. The number of hydrogen-bond acceptors (Lipinski definition) is 4. The molecule has 1 unspecified atom stereocenters. The third-order valence-corrected chi connectivity index (χ3v) is 6.59. The molecule has 3 rings (SSSR count). The zero-order chi connectivity index (χ0) is 15.3. The topological polar surface area (TPSA) is 28.2 Å². The number of fused-ring (bicyclic) bond motifs is 1. The maximum Gasteiger partial charge on any atom is 0.110 e. The van der Waals surface area contributed by atoms with E-state index in [1.54, 1.807) is 4.88 Å². The molecule has 2 aliphatic rings. The van der Waals surface area contributed by atoms with Crippen LogP contribution in [0.5, 0.6) is 0 Å². The number of nitrogens with one attached hydrogen (secondary N) is 1. The van der Waals surface area contributed by atoms with Crippen LogP contribution in [-0.4, -0.2) is 36.1 Å². The summed E-state index contributed by atoms with van der Waals surface area (Å²) in [6.45, 7) is 16.4. The Labute approximate surface area is 133 Å². The summed E-state index contributed by atoms with van der Waals surface area (Å²) in [5.41, 5.74) is 2.02. The standard InChI is InChI=1S/C17H29N3S/c1-12(20-8-6-18-7-9-20)15-19-13-10-16(2,3)11-17(4,5)14(13)21-15/h12,18H,6-11H2,1-5H3. The molecule has 0 bridgehead atoms. The highest BCUT2D eigenvalue weighted by Gasteiger charge is 2.40. The Hall–Kier alpha value is -0.450. The van der Waals surface area contributed by atoms with E-state index in [2.05, 4.69) is 44.8 Å². The Balaban J connectivity index is 1.88. The molecular formula is C17H29N3S. The van der Waals surface area contributed by atoms with Crippen molar-refractivity contribution in [2.45, 2.75) is 58.9 Å². The number of hydrogen-bond donors (Lipinski definition) is 1. The van der Waals surface area contributed by atoms with Gasteiger partial charge in [-0.1, -0.05) is 27.7 Å². The van der Waals surface area contributed by atoms with E-state index in [0.29, 0.717) is 11.5 Å². The molecule has 0 saturated carbocycles. The fourth-order valence-corrected chi connectivity index (χ4v) is 5.48. The predicted octanol–water partition coefficient (Wildman–Crippen LogP) is 3.36. The minimum absolute atomic E-state index is 0.274. The molecule has 118 valence electrons. The first-order chi connectivity index (χ1) is 9.78. The molecule has 0 spiro atoms. The largest absolute Gasteiger partial charge is 0.314 e. The number of piperazine rings is 1. The van der Waals surface area contributed by atoms with E-state index in [1.807, 2.05) is 11.3 Å². The van der Waals surface area contributed by atoms with Crippen molar-refractivity contribution in [2.24, 2.45) is 5.41 Å². The highest BCUT2D eigenvalue weighted by atomic mass is 32.1. The van der Waals surface area contributed by atoms with Crippen LogP contribution in [0, 0.1) is 5.41 Å². The van der Waals surface area contributed by atoms with Crippen molar-refractivity contribution in [1.82, 2.24) is 15.2 Å². The van der Waals surface area contributed by atoms with Gasteiger partial charge in [0.15, 0.2) is 0 Å². The number of aromatic nitrogens is 1. The van der Waals surface area contributed by atoms with E-state index < -0.39 is 0 Å². The molecule has 1 aliphatic carbocycles. The molecule has 1 N–H and O–H groups in total. The third kappa shape index (κ3) is 3.03. The molecule has 1 fully saturated rings. The van der Waals surface area contributed by atoms with Crippen LogP contribution in [0.2, 0.25) is 0 Å². The molecule has 1 aromatic rings. The average Bonchev–Trinajstić information content (AvgIpc) is 2.81. The van der Waals surface area contributed by atoms with E-state index in [9.17, 15) is 0 Å². The first-order valence-electron chi connectivity index (χ1n) is 8.23. The van der Waals surface area contributed by atoms with Gasteiger partial charge >= 0.3 is 0 Å². The lowest BCUT2D eigenvalue weighted by molar-refractivity contribution is 0.185. The highest BCUT2D eigenvalue weighted by Crippen LogP contribution is 2.48. The van der Waals surface area contributed by atoms with Crippen LogP contribution >= 0.6 is 11.3 Å². The van der Waals surface area contributed by atoms with Gasteiger partial charge in [-0.25, -0.2) is 4.98 Å². The van der Waals surface area contributed by atoms with Crippen molar-refractivity contribution >= 4 is 11.3 Å². The SMILES string of the molecule is CC(c1nc2c(s1)C(C)(C)CC(C)(C)C2)N1CCNCC1. The van der Waals surface area contributed by atoms with Gasteiger partial charge in [-0.2, -0.15) is 0 Å². The zero-order valence-corrected chi connectivity index (χ0v) is 14.9. The van der Waals surface area contributed by atoms with Crippen molar-refractivity contribution in [2.75, 3.05) is 26.2 Å². The van der Waals surface area contributed by atoms with Crippen LogP contribution in [0.3, 0.4) is 0 Å². The summed E-state index contributed by atoms with van der Waals surface area (Å²) in [6.07, 6.45) is 2.40. The van der Waals surface area contributed by atoms with E-state index in [4.69, 9.17) is 4.98 Å². The summed E-state index contributed by atoms with van der Waals surface area (Å²) < 4.78 is 0. The third-order valence-electron chi connectivity index (χ3n) is 4.95. The van der Waals surface area contributed by atoms with E-state index in [0.717, 1.165) is 32.6 Å². The van der Waals surface area contributed by atoms with Crippen molar-refractivity contribution in [3.05, 3.63) is 15.6 Å². The lowest BCUT2D eigenvalue weighted by Gasteiger charge is -2.39. The van der Waals surface area contributed by atoms with Gasteiger partial charge in [0.05, 0.1) is 11.7 Å². The van der Waals surface area contributed by atoms with Gasteiger partial charge in [0.25, 0.3) is 0 Å². The molecule has 1 atom stereocenters. The molecule has 3 nitrogen and oxygen atoms in total. The number of rotatable bonds is 2. The van der Waals surface area contributed by atoms with Crippen LogP contribution in [-0.2, 0) is 11.8 Å². The molecule has 2 heterocycles. The molecule has 1 aromatic heterocycles. The maximum absolute atomic E-state index is 5.07. The molecule has 1 saturated heterocycles. The summed E-state index contributed by atoms with van der Waals surface area (Å²) in [5, 5.41) is 4.76. The summed E-state index contributed by atoms with van der Waals surface area (Å²) in [7, 11) is 0. The van der Waals surface area contributed by atoms with Gasteiger partial charge in [0.2, 0.25) is 0 Å². The molecule has 0 aromatic carbocycles. The lowest BCUT2D eigenvalue weighted by atomic mass is 9.67. The van der Waals surface area contributed by atoms with Gasteiger partial charge in [0.1, 0.15) is 5.01 Å². The van der Waals surface area contributed by atoms with Crippen molar-refractivity contribution in [3.8, 4) is 0 Å². The van der Waals surface area contributed by atoms with Crippen molar-refractivity contribution in [1.29, 1.82) is 0 Å². The summed E-state index contributed by atoms with van der Waals surface area (Å²) >= 11 is 1.97.